The summed E-state index contributed by atoms with van der Waals surface area (Å²) in [5.41, 5.74) is 2.43. The number of benzene rings is 1. The van der Waals surface area contributed by atoms with Gasteiger partial charge < -0.3 is 10.6 Å². The van der Waals surface area contributed by atoms with E-state index in [-0.39, 0.29) is 17.7 Å². The average Bonchev–Trinajstić information content (AvgIpc) is 3.23. The molecule has 0 bridgehead atoms. The Morgan fingerprint density at radius 3 is 2.61 bits per heavy atom. The van der Waals surface area contributed by atoms with Gasteiger partial charge in [-0.2, -0.15) is 0 Å². The van der Waals surface area contributed by atoms with E-state index in [1.807, 2.05) is 67.8 Å². The molecule has 0 spiro atoms. The summed E-state index contributed by atoms with van der Waals surface area (Å²) in [6.45, 7) is 4.05. The molecule has 6 heteroatoms. The first-order valence-electron chi connectivity index (χ1n) is 9.19. The van der Waals surface area contributed by atoms with Crippen LogP contribution >= 0.6 is 11.3 Å². The van der Waals surface area contributed by atoms with Crippen LogP contribution in [0.5, 0.6) is 0 Å². The van der Waals surface area contributed by atoms with Crippen LogP contribution in [0.15, 0.2) is 66.2 Å². The maximum absolute atomic E-state index is 12.9. The average molecular weight is 394 g/mol. The van der Waals surface area contributed by atoms with Crippen LogP contribution in [0.2, 0.25) is 0 Å². The molecule has 3 aromatic rings. The number of carbonyl (C=O) groups is 2. The van der Waals surface area contributed by atoms with Gasteiger partial charge in [0.2, 0.25) is 5.91 Å². The number of rotatable bonds is 7. The molecule has 0 saturated carbocycles. The molecule has 0 saturated heterocycles. The Morgan fingerprint density at radius 2 is 1.93 bits per heavy atom. The van der Waals surface area contributed by atoms with E-state index in [2.05, 4.69) is 15.6 Å². The largest absolute Gasteiger partial charge is 0.340 e. The second-order valence-corrected chi connectivity index (χ2v) is 7.87. The molecule has 144 valence electrons. The summed E-state index contributed by atoms with van der Waals surface area (Å²) in [4.78, 5) is 30.2. The molecular weight excluding hydrogens is 370 g/mol. The zero-order valence-corrected chi connectivity index (χ0v) is 16.7. The third-order valence-corrected chi connectivity index (χ3v) is 5.03. The number of nitrogens with zero attached hydrogens (tertiary/aromatic N) is 1. The fourth-order valence-electron chi connectivity index (χ4n) is 2.86. The molecule has 3 rings (SSSR count). The molecule has 0 aliphatic carbocycles. The smallest absolute Gasteiger partial charge is 0.261 e. The van der Waals surface area contributed by atoms with Crippen molar-refractivity contribution >= 4 is 28.8 Å². The summed E-state index contributed by atoms with van der Waals surface area (Å²) in [6.07, 6.45) is 2.29. The van der Waals surface area contributed by atoms with Crippen molar-refractivity contribution in [3.8, 4) is 11.3 Å². The van der Waals surface area contributed by atoms with Gasteiger partial charge in [0, 0.05) is 17.4 Å². The second-order valence-electron chi connectivity index (χ2n) is 6.92. The van der Waals surface area contributed by atoms with E-state index in [0.717, 1.165) is 11.3 Å². The third-order valence-electron chi connectivity index (χ3n) is 4.16. The summed E-state index contributed by atoms with van der Waals surface area (Å²) in [6, 6.07) is 16.2. The van der Waals surface area contributed by atoms with Gasteiger partial charge in [0.1, 0.15) is 6.04 Å². The van der Waals surface area contributed by atoms with Gasteiger partial charge in [-0.05, 0) is 48.1 Å². The van der Waals surface area contributed by atoms with Crippen molar-refractivity contribution in [3.05, 3.63) is 71.1 Å². The van der Waals surface area contributed by atoms with E-state index in [0.29, 0.717) is 17.0 Å². The molecule has 1 aromatic carbocycles. The van der Waals surface area contributed by atoms with Crippen molar-refractivity contribution in [3.63, 3.8) is 0 Å². The summed E-state index contributed by atoms with van der Waals surface area (Å²) < 4.78 is 0. The molecule has 0 fully saturated rings. The molecule has 0 unspecified atom stereocenters. The van der Waals surface area contributed by atoms with Crippen molar-refractivity contribution in [1.82, 2.24) is 10.3 Å². The standard InChI is InChI=1S/C22H23N3O2S/c1-15(2)13-19(25-22(27)20-10-6-12-28-20)21(26)24-17-8-5-7-16(14-17)18-9-3-4-11-23-18/h3-12,14-15,19H,13H2,1-2H3,(H,24,26)(H,25,27)/t19-/m0/s1. The molecule has 2 aromatic heterocycles. The fourth-order valence-corrected chi connectivity index (χ4v) is 3.49. The molecule has 0 aliphatic heterocycles. The zero-order valence-electron chi connectivity index (χ0n) is 15.9. The number of anilines is 1. The zero-order chi connectivity index (χ0) is 19.9. The van der Waals surface area contributed by atoms with Crippen molar-refractivity contribution in [2.24, 2.45) is 5.92 Å². The highest BCUT2D eigenvalue weighted by Gasteiger charge is 2.23. The molecule has 5 nitrogen and oxygen atoms in total. The van der Waals surface area contributed by atoms with Crippen LogP contribution in [0, 0.1) is 5.92 Å². The van der Waals surface area contributed by atoms with Crippen LogP contribution in [-0.4, -0.2) is 22.8 Å². The number of hydrogen-bond donors (Lipinski definition) is 2. The van der Waals surface area contributed by atoms with Gasteiger partial charge in [0.05, 0.1) is 10.6 Å². The van der Waals surface area contributed by atoms with Crippen molar-refractivity contribution in [2.75, 3.05) is 5.32 Å². The number of nitrogens with one attached hydrogen (secondary N) is 2. The van der Waals surface area contributed by atoms with Gasteiger partial charge in [0.25, 0.3) is 5.91 Å². The lowest BCUT2D eigenvalue weighted by Gasteiger charge is -2.20. The van der Waals surface area contributed by atoms with Crippen LogP contribution in [-0.2, 0) is 4.79 Å². The predicted octanol–water partition coefficient (Wildman–Crippen LogP) is 4.59. The quantitative estimate of drug-likeness (QED) is 0.617. The number of thiophene rings is 1. The highest BCUT2D eigenvalue weighted by Crippen LogP contribution is 2.21. The number of hydrogen-bond acceptors (Lipinski definition) is 4. The molecular formula is C22H23N3O2S. The van der Waals surface area contributed by atoms with Crippen LogP contribution in [0.1, 0.15) is 29.9 Å². The van der Waals surface area contributed by atoms with E-state index in [1.54, 1.807) is 12.3 Å². The summed E-state index contributed by atoms with van der Waals surface area (Å²) in [5, 5.41) is 7.64. The molecule has 0 radical (unpaired) electrons. The van der Waals surface area contributed by atoms with Crippen molar-refractivity contribution < 1.29 is 9.59 Å². The minimum absolute atomic E-state index is 0.224. The first-order chi connectivity index (χ1) is 13.5. The van der Waals surface area contributed by atoms with Crippen LogP contribution in [0.25, 0.3) is 11.3 Å². The van der Waals surface area contributed by atoms with Crippen LogP contribution < -0.4 is 10.6 Å². The fraction of sp³-hybridized carbons (Fsp3) is 0.227. The maximum atomic E-state index is 12.9. The molecule has 2 amide bonds. The number of aromatic nitrogens is 1. The molecule has 2 heterocycles. The SMILES string of the molecule is CC(C)C[C@H](NC(=O)c1cccs1)C(=O)Nc1cccc(-c2ccccn2)c1. The Balaban J connectivity index is 1.73. The van der Waals surface area contributed by atoms with Crippen LogP contribution in [0.3, 0.4) is 0 Å². The van der Waals surface area contributed by atoms with Gasteiger partial charge in [-0.15, -0.1) is 11.3 Å². The van der Waals surface area contributed by atoms with E-state index in [9.17, 15) is 9.59 Å². The lowest BCUT2D eigenvalue weighted by molar-refractivity contribution is -0.118. The van der Waals surface area contributed by atoms with Gasteiger partial charge in [-0.1, -0.05) is 38.1 Å². The monoisotopic (exact) mass is 393 g/mol. The highest BCUT2D eigenvalue weighted by atomic mass is 32.1. The van der Waals surface area contributed by atoms with E-state index in [1.165, 1.54) is 11.3 Å². The van der Waals surface area contributed by atoms with Gasteiger partial charge >= 0.3 is 0 Å². The van der Waals surface area contributed by atoms with Crippen LogP contribution in [0.4, 0.5) is 5.69 Å². The summed E-state index contributed by atoms with van der Waals surface area (Å²) in [7, 11) is 0. The topological polar surface area (TPSA) is 71.1 Å². The Bertz CT molecular complexity index is 924. The molecule has 28 heavy (non-hydrogen) atoms. The normalized spacial score (nSPS) is 11.8. The highest BCUT2D eigenvalue weighted by molar-refractivity contribution is 7.12. The first-order valence-corrected chi connectivity index (χ1v) is 10.1. The molecule has 1 atom stereocenters. The van der Waals surface area contributed by atoms with Gasteiger partial charge in [-0.25, -0.2) is 0 Å². The third kappa shape index (κ3) is 5.27. The van der Waals surface area contributed by atoms with Crippen molar-refractivity contribution in [1.29, 1.82) is 0 Å². The number of amides is 2. The lowest BCUT2D eigenvalue weighted by atomic mass is 10.0. The number of carbonyl (C=O) groups excluding carboxylic acids is 2. The lowest BCUT2D eigenvalue weighted by Crippen LogP contribution is -2.44. The van der Waals surface area contributed by atoms with Gasteiger partial charge in [0.15, 0.2) is 0 Å². The Morgan fingerprint density at radius 1 is 1.07 bits per heavy atom. The Labute approximate surface area is 168 Å². The van der Waals surface area contributed by atoms with E-state index >= 15 is 0 Å². The second kappa shape index (κ2) is 9.28. The minimum atomic E-state index is -0.604. The Kier molecular flexibility index (Phi) is 6.55. The van der Waals surface area contributed by atoms with Crippen molar-refractivity contribution in [2.45, 2.75) is 26.3 Å². The predicted molar refractivity (Wildman–Crippen MR) is 113 cm³/mol. The first kappa shape index (κ1) is 19.8. The number of pyridine rings is 1. The minimum Gasteiger partial charge on any atom is -0.340 e. The molecule has 2 N–H and O–H groups in total. The molecule has 0 aliphatic rings. The Hall–Kier alpha value is -2.99. The summed E-state index contributed by atoms with van der Waals surface area (Å²) >= 11 is 1.36. The van der Waals surface area contributed by atoms with E-state index < -0.39 is 6.04 Å². The van der Waals surface area contributed by atoms with Gasteiger partial charge in [-0.3, -0.25) is 14.6 Å². The maximum Gasteiger partial charge on any atom is 0.261 e. The summed E-state index contributed by atoms with van der Waals surface area (Å²) in [5.74, 6) is -0.186. The van der Waals surface area contributed by atoms with E-state index in [4.69, 9.17) is 0 Å².